The van der Waals surface area contributed by atoms with Gasteiger partial charge in [0.1, 0.15) is 5.76 Å². The van der Waals surface area contributed by atoms with Gasteiger partial charge in [-0.3, -0.25) is 0 Å². The summed E-state index contributed by atoms with van der Waals surface area (Å²) in [5.41, 5.74) is 1.26. The number of hydrogen-bond acceptors (Lipinski definition) is 1. The molecule has 1 rings (SSSR count). The summed E-state index contributed by atoms with van der Waals surface area (Å²) in [7, 11) is 0. The van der Waals surface area contributed by atoms with Gasteiger partial charge in [0.05, 0.1) is 6.26 Å². The first-order chi connectivity index (χ1) is 6.05. The molecule has 0 aliphatic heterocycles. The molecule has 1 heterocycles. The Bertz CT molecular complexity index is 296. The van der Waals surface area contributed by atoms with Gasteiger partial charge >= 0.3 is 0 Å². The molecule has 0 unspecified atom stereocenters. The number of allylic oxidation sites excluding steroid dienone is 3. The van der Waals surface area contributed by atoms with Gasteiger partial charge in [-0.2, -0.15) is 0 Å². The summed E-state index contributed by atoms with van der Waals surface area (Å²) in [6, 6.07) is 3.87. The van der Waals surface area contributed by atoms with Crippen molar-refractivity contribution < 1.29 is 4.42 Å². The molecule has 0 radical (unpaired) electrons. The molecule has 1 nitrogen and oxygen atoms in total. The molecule has 1 aromatic heterocycles. The van der Waals surface area contributed by atoms with Crippen molar-refractivity contribution in [1.29, 1.82) is 0 Å². The summed E-state index contributed by atoms with van der Waals surface area (Å²) in [5.74, 6) is 0.924. The zero-order valence-electron chi connectivity index (χ0n) is 8.50. The Morgan fingerprint density at radius 1 is 1.46 bits per heavy atom. The molecule has 0 atom stereocenters. The van der Waals surface area contributed by atoms with Crippen LogP contribution in [-0.2, 0) is 0 Å². The second-order valence-corrected chi connectivity index (χ2v) is 4.04. The molecule has 0 amide bonds. The topological polar surface area (TPSA) is 13.1 Å². The first kappa shape index (κ1) is 9.85. The summed E-state index contributed by atoms with van der Waals surface area (Å²) in [5, 5.41) is 0. The molecule has 0 saturated carbocycles. The average Bonchev–Trinajstić information content (AvgIpc) is 2.49. The van der Waals surface area contributed by atoms with Crippen LogP contribution in [0.15, 0.2) is 41.5 Å². The van der Waals surface area contributed by atoms with E-state index in [2.05, 4.69) is 27.4 Å². The molecular formula is C12H16O. The second-order valence-electron chi connectivity index (χ2n) is 4.04. The molecule has 0 aliphatic rings. The largest absolute Gasteiger partial charge is 0.465 e. The van der Waals surface area contributed by atoms with Crippen LogP contribution >= 0.6 is 0 Å². The van der Waals surface area contributed by atoms with Crippen LogP contribution < -0.4 is 0 Å². The van der Waals surface area contributed by atoms with Gasteiger partial charge in [-0.05, 0) is 17.5 Å². The molecule has 0 saturated heterocycles. The van der Waals surface area contributed by atoms with Crippen molar-refractivity contribution in [3.8, 4) is 0 Å². The Labute approximate surface area is 79.8 Å². The first-order valence-corrected chi connectivity index (χ1v) is 4.43. The van der Waals surface area contributed by atoms with Crippen LogP contribution in [0.3, 0.4) is 0 Å². The minimum Gasteiger partial charge on any atom is -0.465 e. The maximum absolute atomic E-state index is 5.36. The highest BCUT2D eigenvalue weighted by Crippen LogP contribution is 2.33. The van der Waals surface area contributed by atoms with Crippen molar-refractivity contribution in [1.82, 2.24) is 0 Å². The van der Waals surface area contributed by atoms with E-state index >= 15 is 0 Å². The van der Waals surface area contributed by atoms with Crippen LogP contribution in [0.2, 0.25) is 0 Å². The summed E-state index contributed by atoms with van der Waals surface area (Å²) in [6.45, 7) is 10.2. The van der Waals surface area contributed by atoms with Crippen molar-refractivity contribution in [2.75, 3.05) is 0 Å². The highest BCUT2D eigenvalue weighted by atomic mass is 16.3. The molecule has 0 bridgehead atoms. The van der Waals surface area contributed by atoms with Crippen molar-refractivity contribution >= 4 is 5.57 Å². The Hall–Kier alpha value is -1.24. The average molecular weight is 176 g/mol. The molecule has 0 aliphatic carbocycles. The maximum Gasteiger partial charge on any atom is 0.130 e. The van der Waals surface area contributed by atoms with Gasteiger partial charge in [-0.25, -0.2) is 0 Å². The molecule has 0 N–H and O–H groups in total. The second kappa shape index (κ2) is 3.65. The highest BCUT2D eigenvalue weighted by molar-refractivity contribution is 5.67. The van der Waals surface area contributed by atoms with E-state index in [1.54, 1.807) is 12.3 Å². The van der Waals surface area contributed by atoms with Crippen molar-refractivity contribution in [2.24, 2.45) is 5.41 Å². The molecule has 0 fully saturated rings. The van der Waals surface area contributed by atoms with Gasteiger partial charge in [0.15, 0.2) is 0 Å². The number of furan rings is 1. The SMILES string of the molecule is C=C/C=C(\c1ccco1)C(C)(C)C. The standard InChI is InChI=1S/C12H16O/c1-5-7-10(12(2,3)4)11-8-6-9-13-11/h5-9H,1H2,2-4H3/b10-7+. The predicted molar refractivity (Wildman–Crippen MR) is 56.3 cm³/mol. The lowest BCUT2D eigenvalue weighted by Crippen LogP contribution is -2.07. The van der Waals surface area contributed by atoms with Crippen LogP contribution in [0.4, 0.5) is 0 Å². The minimum atomic E-state index is 0.0893. The third kappa shape index (κ3) is 2.35. The molecule has 13 heavy (non-hydrogen) atoms. The fourth-order valence-electron chi connectivity index (χ4n) is 1.25. The van der Waals surface area contributed by atoms with Crippen molar-refractivity contribution in [3.05, 3.63) is 42.9 Å². The fourth-order valence-corrected chi connectivity index (χ4v) is 1.25. The minimum absolute atomic E-state index is 0.0893. The summed E-state index contributed by atoms with van der Waals surface area (Å²) in [4.78, 5) is 0. The molecule has 70 valence electrons. The van der Waals surface area contributed by atoms with E-state index in [0.717, 1.165) is 5.76 Å². The highest BCUT2D eigenvalue weighted by Gasteiger charge is 2.19. The van der Waals surface area contributed by atoms with Crippen LogP contribution in [0.25, 0.3) is 5.57 Å². The zero-order chi connectivity index (χ0) is 9.90. The normalized spacial score (nSPS) is 13.0. The van der Waals surface area contributed by atoms with E-state index in [0.29, 0.717) is 0 Å². The molecular weight excluding hydrogens is 160 g/mol. The Kier molecular flexibility index (Phi) is 2.76. The maximum atomic E-state index is 5.36. The Morgan fingerprint density at radius 3 is 2.54 bits per heavy atom. The number of hydrogen-bond donors (Lipinski definition) is 0. The molecule has 0 aromatic carbocycles. The van der Waals surface area contributed by atoms with Gasteiger partial charge in [0.2, 0.25) is 0 Å². The third-order valence-corrected chi connectivity index (χ3v) is 1.88. The quantitative estimate of drug-likeness (QED) is 0.623. The predicted octanol–water partition coefficient (Wildman–Crippen LogP) is 3.90. The van der Waals surface area contributed by atoms with Gasteiger partial charge < -0.3 is 4.42 Å². The lowest BCUT2D eigenvalue weighted by atomic mass is 9.84. The lowest BCUT2D eigenvalue weighted by Gasteiger charge is -2.20. The zero-order valence-corrected chi connectivity index (χ0v) is 8.50. The van der Waals surface area contributed by atoms with E-state index in [1.165, 1.54) is 5.57 Å². The van der Waals surface area contributed by atoms with Crippen LogP contribution in [-0.4, -0.2) is 0 Å². The fraction of sp³-hybridized carbons (Fsp3) is 0.333. The Balaban J connectivity index is 3.09. The van der Waals surface area contributed by atoms with Crippen molar-refractivity contribution in [2.45, 2.75) is 20.8 Å². The lowest BCUT2D eigenvalue weighted by molar-refractivity contribution is 0.504. The van der Waals surface area contributed by atoms with E-state index in [1.807, 2.05) is 18.2 Å². The van der Waals surface area contributed by atoms with E-state index in [9.17, 15) is 0 Å². The summed E-state index contributed by atoms with van der Waals surface area (Å²) >= 11 is 0. The molecule has 1 aromatic rings. The smallest absolute Gasteiger partial charge is 0.130 e. The van der Waals surface area contributed by atoms with Crippen LogP contribution in [0.1, 0.15) is 26.5 Å². The van der Waals surface area contributed by atoms with Gasteiger partial charge in [-0.15, -0.1) is 0 Å². The number of rotatable bonds is 2. The monoisotopic (exact) mass is 176 g/mol. The van der Waals surface area contributed by atoms with E-state index in [4.69, 9.17) is 4.42 Å². The van der Waals surface area contributed by atoms with Gasteiger partial charge in [0.25, 0.3) is 0 Å². The van der Waals surface area contributed by atoms with Gasteiger partial charge in [0, 0.05) is 5.57 Å². The van der Waals surface area contributed by atoms with Crippen LogP contribution in [0.5, 0.6) is 0 Å². The summed E-state index contributed by atoms with van der Waals surface area (Å²) < 4.78 is 5.36. The van der Waals surface area contributed by atoms with Crippen LogP contribution in [0, 0.1) is 5.41 Å². The third-order valence-electron chi connectivity index (χ3n) is 1.88. The van der Waals surface area contributed by atoms with Gasteiger partial charge in [-0.1, -0.05) is 39.5 Å². The Morgan fingerprint density at radius 2 is 2.15 bits per heavy atom. The summed E-state index contributed by atoms with van der Waals surface area (Å²) in [6.07, 6.45) is 5.49. The van der Waals surface area contributed by atoms with Crippen molar-refractivity contribution in [3.63, 3.8) is 0 Å². The van der Waals surface area contributed by atoms with E-state index in [-0.39, 0.29) is 5.41 Å². The molecule has 0 spiro atoms. The molecule has 1 heteroatoms. The first-order valence-electron chi connectivity index (χ1n) is 4.43. The van der Waals surface area contributed by atoms with E-state index < -0.39 is 0 Å².